The molecule has 16 heavy (non-hydrogen) atoms. The van der Waals surface area contributed by atoms with Crippen LogP contribution in [-0.4, -0.2) is 31.8 Å². The summed E-state index contributed by atoms with van der Waals surface area (Å²) in [6.07, 6.45) is 2.20. The highest BCUT2D eigenvalue weighted by Crippen LogP contribution is 2.28. The summed E-state index contributed by atoms with van der Waals surface area (Å²) < 4.78 is 5.18. The number of anilines is 1. The highest BCUT2D eigenvalue weighted by Gasteiger charge is 2.34. The minimum atomic E-state index is -0.0580. The zero-order valence-corrected chi connectivity index (χ0v) is 9.48. The summed E-state index contributed by atoms with van der Waals surface area (Å²) in [5.74, 6) is 0. The molecule has 2 N–H and O–H groups in total. The van der Waals surface area contributed by atoms with E-state index in [1.807, 2.05) is 0 Å². The molecular weight excluding hydrogens is 200 g/mol. The van der Waals surface area contributed by atoms with Gasteiger partial charge in [0.15, 0.2) is 0 Å². The van der Waals surface area contributed by atoms with Crippen molar-refractivity contribution in [2.75, 3.05) is 31.2 Å². The topological polar surface area (TPSA) is 38.5 Å². The van der Waals surface area contributed by atoms with E-state index in [0.29, 0.717) is 0 Å². The molecule has 3 rings (SSSR count). The predicted molar refractivity (Wildman–Crippen MR) is 64.7 cm³/mol. The average molecular weight is 218 g/mol. The Labute approximate surface area is 96.2 Å². The minimum absolute atomic E-state index is 0.0580. The van der Waals surface area contributed by atoms with Crippen molar-refractivity contribution in [3.63, 3.8) is 0 Å². The molecule has 1 saturated heterocycles. The van der Waals surface area contributed by atoms with Crippen molar-refractivity contribution in [3.8, 4) is 0 Å². The molecule has 86 valence electrons. The third-order valence-corrected chi connectivity index (χ3v) is 3.64. The first-order chi connectivity index (χ1) is 7.77. The van der Waals surface area contributed by atoms with Crippen molar-refractivity contribution in [1.29, 1.82) is 0 Å². The summed E-state index contributed by atoms with van der Waals surface area (Å²) in [5.41, 5.74) is 8.96. The van der Waals surface area contributed by atoms with Crippen LogP contribution in [0.5, 0.6) is 0 Å². The minimum Gasteiger partial charge on any atom is -0.377 e. The van der Waals surface area contributed by atoms with Crippen molar-refractivity contribution < 1.29 is 4.74 Å². The van der Waals surface area contributed by atoms with Gasteiger partial charge in [0.25, 0.3) is 0 Å². The first-order valence-electron chi connectivity index (χ1n) is 5.96. The Hall–Kier alpha value is -1.06. The second-order valence-corrected chi connectivity index (χ2v) is 4.97. The maximum Gasteiger partial charge on any atom is 0.0670 e. The molecule has 0 spiro atoms. The van der Waals surface area contributed by atoms with E-state index in [0.717, 1.165) is 32.7 Å². The first-order valence-corrected chi connectivity index (χ1v) is 5.96. The molecule has 2 aliphatic rings. The van der Waals surface area contributed by atoms with Gasteiger partial charge in [-0.3, -0.25) is 0 Å². The van der Waals surface area contributed by atoms with Crippen molar-refractivity contribution >= 4 is 5.69 Å². The van der Waals surface area contributed by atoms with E-state index in [1.54, 1.807) is 0 Å². The van der Waals surface area contributed by atoms with Gasteiger partial charge in [-0.25, -0.2) is 0 Å². The highest BCUT2D eigenvalue weighted by atomic mass is 16.5. The van der Waals surface area contributed by atoms with Gasteiger partial charge in [-0.1, -0.05) is 18.2 Å². The summed E-state index contributed by atoms with van der Waals surface area (Å²) in [6, 6.07) is 8.66. The number of rotatable bonds is 3. The van der Waals surface area contributed by atoms with Crippen LogP contribution in [0, 0.1) is 0 Å². The van der Waals surface area contributed by atoms with E-state index in [9.17, 15) is 0 Å². The summed E-state index contributed by atoms with van der Waals surface area (Å²) in [6.45, 7) is 3.64. The van der Waals surface area contributed by atoms with Gasteiger partial charge in [0.2, 0.25) is 0 Å². The third-order valence-electron chi connectivity index (χ3n) is 3.64. The zero-order valence-electron chi connectivity index (χ0n) is 9.48. The van der Waals surface area contributed by atoms with E-state index in [1.165, 1.54) is 17.7 Å². The molecule has 0 aromatic heterocycles. The molecule has 3 nitrogen and oxygen atoms in total. The van der Waals surface area contributed by atoms with Gasteiger partial charge in [0.1, 0.15) is 0 Å². The van der Waals surface area contributed by atoms with Gasteiger partial charge < -0.3 is 15.4 Å². The normalized spacial score (nSPS) is 21.7. The molecule has 1 aromatic carbocycles. The number of benzene rings is 1. The van der Waals surface area contributed by atoms with Crippen LogP contribution in [-0.2, 0) is 11.2 Å². The Balaban J connectivity index is 1.65. The lowest BCUT2D eigenvalue weighted by atomic mass is 9.94. The lowest BCUT2D eigenvalue weighted by Gasteiger charge is -2.39. The Morgan fingerprint density at radius 2 is 2.12 bits per heavy atom. The summed E-state index contributed by atoms with van der Waals surface area (Å²) in [5, 5.41) is 0. The van der Waals surface area contributed by atoms with Crippen molar-refractivity contribution in [2.24, 2.45) is 5.73 Å². The van der Waals surface area contributed by atoms with Crippen LogP contribution in [0.4, 0.5) is 5.69 Å². The standard InChI is InChI=1S/C13H18N2O/c14-13(9-16-10-13)6-8-15-7-5-11-3-1-2-4-12(11)15/h1-4H,5-10,14H2. The molecule has 0 bridgehead atoms. The number of nitrogens with zero attached hydrogens (tertiary/aromatic N) is 1. The number of ether oxygens (including phenoxy) is 1. The van der Waals surface area contributed by atoms with E-state index in [4.69, 9.17) is 10.5 Å². The van der Waals surface area contributed by atoms with Gasteiger partial charge in [0, 0.05) is 18.8 Å². The second-order valence-electron chi connectivity index (χ2n) is 4.97. The Bertz CT molecular complexity index is 387. The van der Waals surface area contributed by atoms with Gasteiger partial charge in [-0.05, 0) is 24.5 Å². The van der Waals surface area contributed by atoms with E-state index >= 15 is 0 Å². The Morgan fingerprint density at radius 3 is 2.88 bits per heavy atom. The molecule has 0 radical (unpaired) electrons. The molecule has 2 aliphatic heterocycles. The van der Waals surface area contributed by atoms with Crippen LogP contribution in [0.25, 0.3) is 0 Å². The summed E-state index contributed by atoms with van der Waals surface area (Å²) in [4.78, 5) is 2.45. The molecule has 0 atom stereocenters. The molecule has 2 heterocycles. The Kier molecular flexibility index (Phi) is 2.37. The van der Waals surface area contributed by atoms with Crippen LogP contribution >= 0.6 is 0 Å². The van der Waals surface area contributed by atoms with E-state index in [2.05, 4.69) is 29.2 Å². The fraction of sp³-hybridized carbons (Fsp3) is 0.538. The smallest absolute Gasteiger partial charge is 0.0670 e. The van der Waals surface area contributed by atoms with Gasteiger partial charge in [0.05, 0.1) is 18.8 Å². The average Bonchev–Trinajstić information content (AvgIpc) is 2.67. The number of hydrogen-bond acceptors (Lipinski definition) is 3. The predicted octanol–water partition coefficient (Wildman–Crippen LogP) is 1.17. The fourth-order valence-corrected chi connectivity index (χ4v) is 2.51. The quantitative estimate of drug-likeness (QED) is 0.827. The summed E-state index contributed by atoms with van der Waals surface area (Å²) in [7, 11) is 0. The number of fused-ring (bicyclic) bond motifs is 1. The molecule has 3 heteroatoms. The van der Waals surface area contributed by atoms with Crippen molar-refractivity contribution in [1.82, 2.24) is 0 Å². The maximum atomic E-state index is 6.15. The first kappa shape index (κ1) is 10.1. The fourth-order valence-electron chi connectivity index (χ4n) is 2.51. The van der Waals surface area contributed by atoms with Crippen LogP contribution in [0.2, 0.25) is 0 Å². The molecule has 0 unspecified atom stereocenters. The molecule has 1 fully saturated rings. The molecule has 0 aliphatic carbocycles. The molecule has 1 aromatic rings. The van der Waals surface area contributed by atoms with Gasteiger partial charge in [-0.2, -0.15) is 0 Å². The maximum absolute atomic E-state index is 6.15. The zero-order chi connectivity index (χ0) is 11.0. The summed E-state index contributed by atoms with van der Waals surface area (Å²) >= 11 is 0. The van der Waals surface area contributed by atoms with Gasteiger partial charge in [-0.15, -0.1) is 0 Å². The van der Waals surface area contributed by atoms with Crippen LogP contribution in [0.3, 0.4) is 0 Å². The number of para-hydroxylation sites is 1. The van der Waals surface area contributed by atoms with E-state index < -0.39 is 0 Å². The second kappa shape index (κ2) is 3.75. The number of nitrogens with two attached hydrogens (primary N) is 1. The highest BCUT2D eigenvalue weighted by molar-refractivity contribution is 5.57. The Morgan fingerprint density at radius 1 is 1.31 bits per heavy atom. The lowest BCUT2D eigenvalue weighted by molar-refractivity contribution is -0.0561. The molecule has 0 amide bonds. The van der Waals surface area contributed by atoms with Crippen LogP contribution < -0.4 is 10.6 Å². The molecular formula is C13H18N2O. The van der Waals surface area contributed by atoms with E-state index in [-0.39, 0.29) is 5.54 Å². The van der Waals surface area contributed by atoms with Crippen molar-refractivity contribution in [2.45, 2.75) is 18.4 Å². The monoisotopic (exact) mass is 218 g/mol. The third kappa shape index (κ3) is 1.70. The SMILES string of the molecule is NC1(CCN2CCc3ccccc32)COC1. The molecule has 0 saturated carbocycles. The van der Waals surface area contributed by atoms with Gasteiger partial charge >= 0.3 is 0 Å². The largest absolute Gasteiger partial charge is 0.377 e. The lowest BCUT2D eigenvalue weighted by Crippen LogP contribution is -2.58. The van der Waals surface area contributed by atoms with Crippen LogP contribution in [0.15, 0.2) is 24.3 Å². The number of hydrogen-bond donors (Lipinski definition) is 1. The van der Waals surface area contributed by atoms with Crippen molar-refractivity contribution in [3.05, 3.63) is 29.8 Å². The van der Waals surface area contributed by atoms with Crippen LogP contribution in [0.1, 0.15) is 12.0 Å².